The first kappa shape index (κ1) is 1.97. The molecule has 0 saturated heterocycles. The second-order valence-electron chi connectivity index (χ2n) is 0.962. The van der Waals surface area contributed by atoms with Crippen molar-refractivity contribution in [3.8, 4) is 0 Å². The summed E-state index contributed by atoms with van der Waals surface area (Å²) in [6, 6.07) is 0.333. The molecule has 0 spiro atoms. The first-order chi connectivity index (χ1) is 1.89. The Kier molecular flexibility index (Phi) is 0.174. The molecule has 0 atom stereocenters. The van der Waals surface area contributed by atoms with Gasteiger partial charge < -0.3 is 5.73 Å². The van der Waals surface area contributed by atoms with Gasteiger partial charge in [0.2, 0.25) is 0 Å². The van der Waals surface area contributed by atoms with Gasteiger partial charge in [-0.3, -0.25) is 0 Å². The maximum atomic E-state index is 5.11. The number of hydrogen-bond acceptors (Lipinski definition) is 1. The van der Waals surface area contributed by atoms with Crippen LogP contribution in [0.15, 0.2) is 12.2 Å². The molecule has 1 aliphatic carbocycles. The van der Waals surface area contributed by atoms with Crippen molar-refractivity contribution in [2.75, 3.05) is 0 Å². The molecule has 0 aromatic rings. The Hall–Kier alpha value is -0.300. The van der Waals surface area contributed by atoms with Crippen LogP contribution in [0.1, 0.15) is 0 Å². The summed E-state index contributed by atoms with van der Waals surface area (Å²) in [5.41, 5.74) is 5.11. The van der Waals surface area contributed by atoms with Crippen molar-refractivity contribution in [3.63, 3.8) is 0 Å². The van der Waals surface area contributed by atoms with Gasteiger partial charge in [-0.15, -0.1) is 0 Å². The van der Waals surface area contributed by atoms with Gasteiger partial charge in [0.15, 0.2) is 0 Å². The van der Waals surface area contributed by atoms with Crippen LogP contribution < -0.4 is 5.73 Å². The quantitative estimate of drug-likeness (QED) is 0.384. The Balaban J connectivity index is 2.32. The molecular weight excluding hydrogens is 50.0 g/mol. The van der Waals surface area contributed by atoms with Gasteiger partial charge in [-0.1, -0.05) is 12.2 Å². The highest BCUT2D eigenvalue weighted by atomic mass is 14.6. The van der Waals surface area contributed by atoms with Crippen LogP contribution in [-0.2, 0) is 0 Å². The number of hydrogen-bond donors (Lipinski definition) is 1. The molecule has 1 aliphatic rings. The van der Waals surface area contributed by atoms with Gasteiger partial charge in [-0.2, -0.15) is 0 Å². The van der Waals surface area contributed by atoms with Crippen LogP contribution in [-0.4, -0.2) is 6.04 Å². The third kappa shape index (κ3) is 0.114. The summed E-state index contributed by atoms with van der Waals surface area (Å²) < 4.78 is 0. The smallest absolute Gasteiger partial charge is 0.0411 e. The summed E-state index contributed by atoms with van der Waals surface area (Å²) >= 11 is 0. The zero-order chi connectivity index (χ0) is 2.99. The topological polar surface area (TPSA) is 26.0 Å². The van der Waals surface area contributed by atoms with Crippen molar-refractivity contribution < 1.29 is 0 Å². The van der Waals surface area contributed by atoms with Crippen molar-refractivity contribution in [1.29, 1.82) is 0 Å². The summed E-state index contributed by atoms with van der Waals surface area (Å²) in [6.45, 7) is 0. The lowest BCUT2D eigenvalue weighted by Gasteiger charge is -1.62. The van der Waals surface area contributed by atoms with Crippen molar-refractivity contribution in [2.24, 2.45) is 5.73 Å². The fourth-order valence-electron chi connectivity index (χ4n) is 0.0642. The van der Waals surface area contributed by atoms with E-state index in [-0.39, 0.29) is 0 Å². The highest BCUT2D eigenvalue weighted by Crippen LogP contribution is 1.96. The lowest BCUT2D eigenvalue weighted by molar-refractivity contribution is 1.17. The molecule has 0 radical (unpaired) electrons. The van der Waals surface area contributed by atoms with Gasteiger partial charge in [0.05, 0.1) is 0 Å². The third-order valence-electron chi connectivity index (χ3n) is 0.415. The van der Waals surface area contributed by atoms with E-state index >= 15 is 0 Å². The van der Waals surface area contributed by atoms with E-state index in [1.165, 1.54) is 0 Å². The minimum atomic E-state index is 0.333. The minimum absolute atomic E-state index is 0.333. The molecule has 0 heterocycles. The molecule has 0 aromatic carbocycles. The minimum Gasteiger partial charge on any atom is -0.321 e. The maximum Gasteiger partial charge on any atom is 0.0411 e. The summed E-state index contributed by atoms with van der Waals surface area (Å²) in [7, 11) is 0. The van der Waals surface area contributed by atoms with Gasteiger partial charge in [0.25, 0.3) is 0 Å². The van der Waals surface area contributed by atoms with E-state index in [1.807, 2.05) is 12.2 Å². The third-order valence-corrected chi connectivity index (χ3v) is 0.415. The molecule has 22 valence electrons. The Labute approximate surface area is 25.1 Å². The standard InChI is InChI=1S/C3H5N/c4-3-1-2-3/h1-3H,4H2. The monoisotopic (exact) mass is 55.0 g/mol. The first-order valence-electron chi connectivity index (χ1n) is 1.33. The van der Waals surface area contributed by atoms with E-state index < -0.39 is 0 Å². The molecule has 0 amide bonds. The number of rotatable bonds is 0. The fourth-order valence-corrected chi connectivity index (χ4v) is 0.0642. The second-order valence-corrected chi connectivity index (χ2v) is 0.962. The van der Waals surface area contributed by atoms with E-state index in [0.717, 1.165) is 0 Å². The Morgan fingerprint density at radius 2 is 1.75 bits per heavy atom. The first-order valence-corrected chi connectivity index (χ1v) is 1.33. The average Bonchev–Trinajstić information content (AvgIpc) is 1.75. The van der Waals surface area contributed by atoms with Crippen molar-refractivity contribution >= 4 is 0 Å². The lowest BCUT2D eigenvalue weighted by atomic mass is 10.7. The molecule has 2 N–H and O–H groups in total. The van der Waals surface area contributed by atoms with Crippen LogP contribution in [0.4, 0.5) is 0 Å². The molecule has 0 bridgehead atoms. The van der Waals surface area contributed by atoms with Crippen LogP contribution >= 0.6 is 0 Å². The van der Waals surface area contributed by atoms with Gasteiger partial charge in [-0.05, 0) is 0 Å². The second kappa shape index (κ2) is 0.353. The molecule has 0 aliphatic heterocycles. The van der Waals surface area contributed by atoms with Crippen LogP contribution in [0.2, 0.25) is 0 Å². The van der Waals surface area contributed by atoms with Crippen molar-refractivity contribution in [1.82, 2.24) is 0 Å². The molecule has 0 saturated carbocycles. The summed E-state index contributed by atoms with van der Waals surface area (Å²) in [6.07, 6.45) is 3.89. The molecule has 1 heteroatoms. The van der Waals surface area contributed by atoms with Gasteiger partial charge in [0, 0.05) is 6.04 Å². The van der Waals surface area contributed by atoms with E-state index in [9.17, 15) is 0 Å². The summed E-state index contributed by atoms with van der Waals surface area (Å²) in [5, 5.41) is 0. The predicted octanol–water partition coefficient (Wildman–Crippen LogP) is -0.116. The highest BCUT2D eigenvalue weighted by Gasteiger charge is 1.98. The van der Waals surface area contributed by atoms with E-state index in [0.29, 0.717) is 6.04 Å². The van der Waals surface area contributed by atoms with Crippen molar-refractivity contribution in [2.45, 2.75) is 6.04 Å². The molecule has 4 heavy (non-hydrogen) atoms. The summed E-state index contributed by atoms with van der Waals surface area (Å²) in [4.78, 5) is 0. The van der Waals surface area contributed by atoms with E-state index in [2.05, 4.69) is 0 Å². The predicted molar refractivity (Wildman–Crippen MR) is 17.1 cm³/mol. The Morgan fingerprint density at radius 1 is 1.50 bits per heavy atom. The largest absolute Gasteiger partial charge is 0.321 e. The van der Waals surface area contributed by atoms with Crippen LogP contribution in [0.5, 0.6) is 0 Å². The molecule has 0 fully saturated rings. The van der Waals surface area contributed by atoms with Gasteiger partial charge in [-0.25, -0.2) is 0 Å². The van der Waals surface area contributed by atoms with Gasteiger partial charge >= 0.3 is 0 Å². The average molecular weight is 55.1 g/mol. The van der Waals surface area contributed by atoms with E-state index in [4.69, 9.17) is 5.73 Å². The van der Waals surface area contributed by atoms with E-state index in [1.54, 1.807) is 0 Å². The normalized spacial score (nSPS) is 22.2. The molecule has 1 rings (SSSR count). The van der Waals surface area contributed by atoms with Crippen LogP contribution in [0, 0.1) is 0 Å². The zero-order valence-corrected chi connectivity index (χ0v) is 2.31. The molecular formula is C3H5N. The SMILES string of the molecule is NC1C=C1. The summed E-state index contributed by atoms with van der Waals surface area (Å²) in [5.74, 6) is 0. The van der Waals surface area contributed by atoms with Gasteiger partial charge in [0.1, 0.15) is 0 Å². The van der Waals surface area contributed by atoms with Crippen molar-refractivity contribution in [3.05, 3.63) is 12.2 Å². The van der Waals surface area contributed by atoms with Crippen LogP contribution in [0.25, 0.3) is 0 Å². The Morgan fingerprint density at radius 3 is 1.75 bits per heavy atom. The Bertz CT molecular complexity index is 41.2. The molecule has 0 unspecified atom stereocenters. The lowest BCUT2D eigenvalue weighted by Crippen LogP contribution is -1.97. The fraction of sp³-hybridized carbons (Fsp3) is 0.333. The zero-order valence-electron chi connectivity index (χ0n) is 2.31. The molecule has 0 aromatic heterocycles. The number of nitrogens with two attached hydrogens (primary N) is 1. The maximum absolute atomic E-state index is 5.11. The van der Waals surface area contributed by atoms with Crippen LogP contribution in [0.3, 0.4) is 0 Å². The molecule has 1 nitrogen and oxygen atoms in total. The highest BCUT2D eigenvalue weighted by molar-refractivity contribution is 5.17.